The van der Waals surface area contributed by atoms with Gasteiger partial charge in [0.05, 0.1) is 7.11 Å². The van der Waals surface area contributed by atoms with Gasteiger partial charge in [-0.15, -0.1) is 4.98 Å². The number of H-pyrrole nitrogens is 1. The Morgan fingerprint density at radius 2 is 2.33 bits per heavy atom. The standard InChI is InChI=1S/C6H10N4O2/c1-3-7-4-8-5(11)10-6(9-4)12-2/h3H2,1-2H3,(H2,7,8,9,10,11). The predicted octanol–water partition coefficient (Wildman–Crippen LogP) is -0.395. The zero-order valence-electron chi connectivity index (χ0n) is 6.92. The summed E-state index contributed by atoms with van der Waals surface area (Å²) in [5.74, 6) is 0.370. The van der Waals surface area contributed by atoms with Crippen molar-refractivity contribution >= 4 is 5.95 Å². The molecule has 66 valence electrons. The summed E-state index contributed by atoms with van der Waals surface area (Å²) >= 11 is 0. The number of nitrogens with one attached hydrogen (secondary N) is 2. The number of methoxy groups -OCH3 is 1. The number of anilines is 1. The highest BCUT2D eigenvalue weighted by molar-refractivity contribution is 5.23. The largest absolute Gasteiger partial charge is 0.467 e. The van der Waals surface area contributed by atoms with Gasteiger partial charge in [-0.1, -0.05) is 0 Å². The van der Waals surface area contributed by atoms with Gasteiger partial charge in [-0.25, -0.2) is 4.79 Å². The molecule has 1 aromatic heterocycles. The summed E-state index contributed by atoms with van der Waals surface area (Å²) < 4.78 is 4.70. The quantitative estimate of drug-likeness (QED) is 0.645. The lowest BCUT2D eigenvalue weighted by Gasteiger charge is -2.01. The second-order valence-corrected chi connectivity index (χ2v) is 2.02. The van der Waals surface area contributed by atoms with E-state index in [1.165, 1.54) is 7.11 Å². The third-order valence-corrected chi connectivity index (χ3v) is 1.16. The van der Waals surface area contributed by atoms with E-state index in [0.29, 0.717) is 12.5 Å². The van der Waals surface area contributed by atoms with Crippen LogP contribution in [0.4, 0.5) is 5.95 Å². The molecule has 0 unspecified atom stereocenters. The first-order chi connectivity index (χ1) is 5.76. The Kier molecular flexibility index (Phi) is 2.62. The van der Waals surface area contributed by atoms with E-state index in [-0.39, 0.29) is 6.01 Å². The first-order valence-corrected chi connectivity index (χ1v) is 3.52. The van der Waals surface area contributed by atoms with Gasteiger partial charge < -0.3 is 10.1 Å². The normalized spacial score (nSPS) is 9.50. The van der Waals surface area contributed by atoms with Crippen LogP contribution in [0.2, 0.25) is 0 Å². The summed E-state index contributed by atoms with van der Waals surface area (Å²) in [5, 5.41) is 2.84. The molecule has 0 aromatic carbocycles. The van der Waals surface area contributed by atoms with Crippen LogP contribution in [0.5, 0.6) is 6.01 Å². The van der Waals surface area contributed by atoms with E-state index in [1.807, 2.05) is 6.92 Å². The van der Waals surface area contributed by atoms with E-state index in [9.17, 15) is 4.79 Å². The fourth-order valence-corrected chi connectivity index (χ4v) is 0.707. The summed E-state index contributed by atoms with van der Waals surface area (Å²) in [5.41, 5.74) is -0.474. The minimum absolute atomic E-state index is 0.0645. The first-order valence-electron chi connectivity index (χ1n) is 3.52. The molecule has 12 heavy (non-hydrogen) atoms. The van der Waals surface area contributed by atoms with Crippen LogP contribution in [-0.2, 0) is 0 Å². The lowest BCUT2D eigenvalue weighted by atomic mass is 10.7. The van der Waals surface area contributed by atoms with Gasteiger partial charge in [0, 0.05) is 6.54 Å². The van der Waals surface area contributed by atoms with Crippen molar-refractivity contribution in [1.29, 1.82) is 0 Å². The van der Waals surface area contributed by atoms with Gasteiger partial charge in [-0.05, 0) is 6.92 Å². The minimum Gasteiger partial charge on any atom is -0.467 e. The Bertz CT molecular complexity index is 309. The van der Waals surface area contributed by atoms with Gasteiger partial charge in [0.25, 0.3) is 0 Å². The zero-order valence-corrected chi connectivity index (χ0v) is 6.92. The highest BCUT2D eigenvalue weighted by Crippen LogP contribution is 1.99. The van der Waals surface area contributed by atoms with E-state index < -0.39 is 5.69 Å². The molecule has 0 fully saturated rings. The molecule has 0 saturated heterocycles. The van der Waals surface area contributed by atoms with Crippen molar-refractivity contribution in [3.8, 4) is 6.01 Å². The van der Waals surface area contributed by atoms with Gasteiger partial charge in [-0.3, -0.25) is 4.98 Å². The molecule has 1 aromatic rings. The highest BCUT2D eigenvalue weighted by atomic mass is 16.5. The van der Waals surface area contributed by atoms with Crippen molar-refractivity contribution in [2.24, 2.45) is 0 Å². The van der Waals surface area contributed by atoms with E-state index in [0.717, 1.165) is 0 Å². The van der Waals surface area contributed by atoms with Crippen molar-refractivity contribution < 1.29 is 4.74 Å². The number of hydrogen-bond donors (Lipinski definition) is 2. The van der Waals surface area contributed by atoms with Crippen molar-refractivity contribution in [1.82, 2.24) is 15.0 Å². The first kappa shape index (κ1) is 8.51. The second kappa shape index (κ2) is 3.70. The van der Waals surface area contributed by atoms with Crippen molar-refractivity contribution in [3.63, 3.8) is 0 Å². The molecule has 0 aliphatic carbocycles. The molecule has 1 rings (SSSR count). The van der Waals surface area contributed by atoms with Crippen LogP contribution in [-0.4, -0.2) is 28.6 Å². The van der Waals surface area contributed by atoms with E-state index >= 15 is 0 Å². The molecule has 0 amide bonds. The van der Waals surface area contributed by atoms with E-state index in [4.69, 9.17) is 4.74 Å². The number of nitrogens with zero attached hydrogens (tertiary/aromatic N) is 2. The molecule has 0 atom stereocenters. The van der Waals surface area contributed by atoms with Gasteiger partial charge in [0.15, 0.2) is 0 Å². The number of rotatable bonds is 3. The lowest BCUT2D eigenvalue weighted by molar-refractivity contribution is 0.377. The van der Waals surface area contributed by atoms with Crippen LogP contribution < -0.4 is 15.7 Å². The monoisotopic (exact) mass is 170 g/mol. The predicted molar refractivity (Wildman–Crippen MR) is 43.4 cm³/mol. The lowest BCUT2D eigenvalue weighted by Crippen LogP contribution is -2.16. The Labute approximate surface area is 69.0 Å². The Morgan fingerprint density at radius 1 is 1.58 bits per heavy atom. The van der Waals surface area contributed by atoms with Crippen LogP contribution >= 0.6 is 0 Å². The van der Waals surface area contributed by atoms with Gasteiger partial charge in [0.1, 0.15) is 0 Å². The number of aromatic amines is 1. The van der Waals surface area contributed by atoms with Crippen LogP contribution in [0.3, 0.4) is 0 Å². The minimum atomic E-state index is -0.474. The molecule has 0 spiro atoms. The van der Waals surface area contributed by atoms with Gasteiger partial charge >= 0.3 is 11.7 Å². The van der Waals surface area contributed by atoms with Crippen molar-refractivity contribution in [2.45, 2.75) is 6.92 Å². The van der Waals surface area contributed by atoms with Gasteiger partial charge in [0.2, 0.25) is 5.95 Å². The molecule has 1 heterocycles. The molecule has 6 heteroatoms. The molecule has 2 N–H and O–H groups in total. The van der Waals surface area contributed by atoms with E-state index in [1.54, 1.807) is 0 Å². The zero-order chi connectivity index (χ0) is 8.97. The molecule has 6 nitrogen and oxygen atoms in total. The van der Waals surface area contributed by atoms with E-state index in [2.05, 4.69) is 20.3 Å². The topological polar surface area (TPSA) is 79.9 Å². The smallest absolute Gasteiger partial charge is 0.352 e. The third kappa shape index (κ3) is 1.94. The number of ether oxygens (including phenoxy) is 1. The summed E-state index contributed by atoms with van der Waals surface area (Å²) in [7, 11) is 1.41. The number of hydrogen-bond acceptors (Lipinski definition) is 5. The second-order valence-electron chi connectivity index (χ2n) is 2.02. The van der Waals surface area contributed by atoms with Crippen LogP contribution in [0, 0.1) is 0 Å². The van der Waals surface area contributed by atoms with Crippen LogP contribution in [0.1, 0.15) is 6.92 Å². The summed E-state index contributed by atoms with van der Waals surface area (Å²) in [6.45, 7) is 2.57. The van der Waals surface area contributed by atoms with Crippen molar-refractivity contribution in [3.05, 3.63) is 10.5 Å². The summed E-state index contributed by atoms with van der Waals surface area (Å²) in [6.07, 6.45) is 0. The molecule has 0 aliphatic heterocycles. The maximum atomic E-state index is 10.8. The third-order valence-electron chi connectivity index (χ3n) is 1.16. The highest BCUT2D eigenvalue weighted by Gasteiger charge is 1.99. The fourth-order valence-electron chi connectivity index (χ4n) is 0.707. The molecular weight excluding hydrogens is 160 g/mol. The average Bonchev–Trinajstić information content (AvgIpc) is 2.04. The Hall–Kier alpha value is -1.59. The maximum Gasteiger partial charge on any atom is 0.352 e. The Balaban J connectivity index is 2.98. The fraction of sp³-hybridized carbons (Fsp3) is 0.500. The maximum absolute atomic E-state index is 10.8. The SMILES string of the molecule is CCNc1nc(OC)nc(=O)[nH]1. The Morgan fingerprint density at radius 3 is 2.92 bits per heavy atom. The summed E-state index contributed by atoms with van der Waals surface area (Å²) in [6, 6.07) is 0.0645. The molecule has 0 aliphatic rings. The molecular formula is C6H10N4O2. The van der Waals surface area contributed by atoms with Gasteiger partial charge in [-0.2, -0.15) is 4.98 Å². The average molecular weight is 170 g/mol. The molecule has 0 bridgehead atoms. The van der Waals surface area contributed by atoms with Crippen LogP contribution in [0.15, 0.2) is 4.79 Å². The number of aromatic nitrogens is 3. The molecule has 0 saturated carbocycles. The summed E-state index contributed by atoms with van der Waals surface area (Å²) in [4.78, 5) is 20.5. The van der Waals surface area contributed by atoms with Crippen LogP contribution in [0.25, 0.3) is 0 Å². The van der Waals surface area contributed by atoms with Crippen molar-refractivity contribution in [2.75, 3.05) is 19.0 Å². The molecule has 0 radical (unpaired) electrons.